The molecule has 1 saturated carbocycles. The summed E-state index contributed by atoms with van der Waals surface area (Å²) in [6.07, 6.45) is 5.87. The maximum atomic E-state index is 13.4. The molecule has 0 heterocycles. The third kappa shape index (κ3) is 4.42. The molecule has 1 aliphatic rings. The standard InChI is InChI=1S/C14H18BrF2NO/c15-10-8-12(16)14(17)13(9-10)19-7-3-6-18-11-4-1-2-5-11/h8-9,11,18H,1-7H2. The largest absolute Gasteiger partial charge is 0.490 e. The zero-order valence-electron chi connectivity index (χ0n) is 10.7. The summed E-state index contributed by atoms with van der Waals surface area (Å²) < 4.78 is 32.3. The quantitative estimate of drug-likeness (QED) is 0.626. The lowest BCUT2D eigenvalue weighted by molar-refractivity contribution is 0.285. The van der Waals surface area contributed by atoms with Gasteiger partial charge in [-0.05, 0) is 37.9 Å². The molecule has 0 amide bonds. The summed E-state index contributed by atoms with van der Waals surface area (Å²) in [4.78, 5) is 0. The molecule has 1 aromatic carbocycles. The van der Waals surface area contributed by atoms with Crippen LogP contribution >= 0.6 is 15.9 Å². The fourth-order valence-corrected chi connectivity index (χ4v) is 2.74. The first-order valence-electron chi connectivity index (χ1n) is 6.67. The lowest BCUT2D eigenvalue weighted by Gasteiger charge is -2.12. The summed E-state index contributed by atoms with van der Waals surface area (Å²) in [7, 11) is 0. The van der Waals surface area contributed by atoms with Gasteiger partial charge in [0.2, 0.25) is 5.82 Å². The number of ether oxygens (including phenoxy) is 1. The van der Waals surface area contributed by atoms with Crippen molar-refractivity contribution in [2.75, 3.05) is 13.2 Å². The minimum Gasteiger partial charge on any atom is -0.490 e. The predicted octanol–water partition coefficient (Wildman–Crippen LogP) is 4.03. The fraction of sp³-hybridized carbons (Fsp3) is 0.571. The van der Waals surface area contributed by atoms with E-state index < -0.39 is 11.6 Å². The van der Waals surface area contributed by atoms with Gasteiger partial charge in [0.05, 0.1) is 6.61 Å². The van der Waals surface area contributed by atoms with Crippen molar-refractivity contribution in [2.24, 2.45) is 0 Å². The van der Waals surface area contributed by atoms with Crippen molar-refractivity contribution in [1.29, 1.82) is 0 Å². The van der Waals surface area contributed by atoms with Crippen molar-refractivity contribution in [3.05, 3.63) is 28.2 Å². The molecule has 0 saturated heterocycles. The molecule has 1 N–H and O–H groups in total. The highest BCUT2D eigenvalue weighted by molar-refractivity contribution is 9.10. The van der Waals surface area contributed by atoms with Crippen LogP contribution in [0.25, 0.3) is 0 Å². The Bertz CT molecular complexity index is 422. The second-order valence-corrected chi connectivity index (χ2v) is 5.75. The normalized spacial score (nSPS) is 15.9. The Morgan fingerprint density at radius 3 is 2.74 bits per heavy atom. The number of benzene rings is 1. The molecule has 2 rings (SSSR count). The van der Waals surface area contributed by atoms with Crippen LogP contribution < -0.4 is 10.1 Å². The molecule has 5 heteroatoms. The molecule has 0 atom stereocenters. The van der Waals surface area contributed by atoms with Crippen molar-refractivity contribution in [3.63, 3.8) is 0 Å². The molecular formula is C14H18BrF2NO. The first-order valence-corrected chi connectivity index (χ1v) is 7.47. The summed E-state index contributed by atoms with van der Waals surface area (Å²) >= 11 is 3.12. The van der Waals surface area contributed by atoms with Crippen LogP contribution in [0.3, 0.4) is 0 Å². The van der Waals surface area contributed by atoms with Gasteiger partial charge in [-0.15, -0.1) is 0 Å². The van der Waals surface area contributed by atoms with Crippen molar-refractivity contribution in [3.8, 4) is 5.75 Å². The molecule has 0 unspecified atom stereocenters. The van der Waals surface area contributed by atoms with E-state index in [0.717, 1.165) is 19.0 Å². The van der Waals surface area contributed by atoms with Crippen LogP contribution in [0.5, 0.6) is 5.75 Å². The van der Waals surface area contributed by atoms with E-state index >= 15 is 0 Å². The number of nitrogens with one attached hydrogen (secondary N) is 1. The van der Waals surface area contributed by atoms with Crippen LogP contribution in [0.1, 0.15) is 32.1 Å². The average Bonchev–Trinajstić information content (AvgIpc) is 2.87. The lowest BCUT2D eigenvalue weighted by atomic mass is 10.2. The molecule has 0 bridgehead atoms. The Morgan fingerprint density at radius 1 is 1.26 bits per heavy atom. The third-order valence-corrected chi connectivity index (χ3v) is 3.78. The van der Waals surface area contributed by atoms with Gasteiger partial charge in [0, 0.05) is 10.5 Å². The predicted molar refractivity (Wildman–Crippen MR) is 74.4 cm³/mol. The number of hydrogen-bond donors (Lipinski definition) is 1. The monoisotopic (exact) mass is 333 g/mol. The second kappa shape index (κ2) is 7.20. The molecule has 0 aliphatic heterocycles. The van der Waals surface area contributed by atoms with Gasteiger partial charge in [0.25, 0.3) is 0 Å². The van der Waals surface area contributed by atoms with Gasteiger partial charge >= 0.3 is 0 Å². The molecule has 19 heavy (non-hydrogen) atoms. The molecule has 2 nitrogen and oxygen atoms in total. The van der Waals surface area contributed by atoms with E-state index in [4.69, 9.17) is 4.74 Å². The highest BCUT2D eigenvalue weighted by Crippen LogP contribution is 2.25. The van der Waals surface area contributed by atoms with E-state index in [-0.39, 0.29) is 5.75 Å². The van der Waals surface area contributed by atoms with Gasteiger partial charge in [0.15, 0.2) is 11.6 Å². The minimum atomic E-state index is -0.924. The maximum Gasteiger partial charge on any atom is 0.200 e. The van der Waals surface area contributed by atoms with Crippen LogP contribution in [-0.2, 0) is 0 Å². The number of rotatable bonds is 6. The van der Waals surface area contributed by atoms with Gasteiger partial charge in [-0.2, -0.15) is 4.39 Å². The van der Waals surface area contributed by atoms with Gasteiger partial charge in [-0.25, -0.2) is 4.39 Å². The van der Waals surface area contributed by atoms with E-state index in [1.807, 2.05) is 0 Å². The fourth-order valence-electron chi connectivity index (χ4n) is 2.33. The van der Waals surface area contributed by atoms with Crippen molar-refractivity contribution >= 4 is 15.9 Å². The second-order valence-electron chi connectivity index (χ2n) is 4.84. The summed E-state index contributed by atoms with van der Waals surface area (Å²) in [5.74, 6) is -1.85. The Labute approximate surface area is 120 Å². The summed E-state index contributed by atoms with van der Waals surface area (Å²) in [6, 6.07) is 3.16. The molecule has 0 spiro atoms. The Balaban J connectivity index is 1.70. The van der Waals surface area contributed by atoms with Crippen LogP contribution in [0.4, 0.5) is 8.78 Å². The van der Waals surface area contributed by atoms with Gasteiger partial charge in [0.1, 0.15) is 0 Å². The van der Waals surface area contributed by atoms with Crippen molar-refractivity contribution in [2.45, 2.75) is 38.1 Å². The van der Waals surface area contributed by atoms with E-state index in [9.17, 15) is 8.78 Å². The molecule has 106 valence electrons. The topological polar surface area (TPSA) is 21.3 Å². The summed E-state index contributed by atoms with van der Waals surface area (Å²) in [5.41, 5.74) is 0. The zero-order valence-corrected chi connectivity index (χ0v) is 12.3. The van der Waals surface area contributed by atoms with E-state index in [0.29, 0.717) is 17.1 Å². The molecule has 0 aromatic heterocycles. The van der Waals surface area contributed by atoms with Crippen LogP contribution in [0, 0.1) is 11.6 Å². The number of halogens is 3. The molecule has 1 aliphatic carbocycles. The SMILES string of the molecule is Fc1cc(Br)cc(OCCCNC2CCCC2)c1F. The third-order valence-electron chi connectivity index (χ3n) is 3.33. The maximum absolute atomic E-state index is 13.4. The first-order chi connectivity index (χ1) is 9.16. The summed E-state index contributed by atoms with van der Waals surface area (Å²) in [5, 5.41) is 3.45. The zero-order chi connectivity index (χ0) is 13.7. The Hall–Kier alpha value is -0.680. The molecular weight excluding hydrogens is 316 g/mol. The Morgan fingerprint density at radius 2 is 2.00 bits per heavy atom. The van der Waals surface area contributed by atoms with Crippen LogP contribution in [0.2, 0.25) is 0 Å². The van der Waals surface area contributed by atoms with Gasteiger partial charge < -0.3 is 10.1 Å². The number of hydrogen-bond acceptors (Lipinski definition) is 2. The smallest absolute Gasteiger partial charge is 0.200 e. The van der Waals surface area contributed by atoms with E-state index in [2.05, 4.69) is 21.2 Å². The summed E-state index contributed by atoms with van der Waals surface area (Å²) in [6.45, 7) is 1.23. The lowest BCUT2D eigenvalue weighted by Crippen LogP contribution is -2.27. The van der Waals surface area contributed by atoms with Gasteiger partial charge in [-0.3, -0.25) is 0 Å². The van der Waals surface area contributed by atoms with Crippen molar-refractivity contribution < 1.29 is 13.5 Å². The first kappa shape index (κ1) is 14.7. The van der Waals surface area contributed by atoms with Crippen LogP contribution in [0.15, 0.2) is 16.6 Å². The van der Waals surface area contributed by atoms with E-state index in [1.54, 1.807) is 0 Å². The Kier molecular flexibility index (Phi) is 5.58. The van der Waals surface area contributed by atoms with Crippen LogP contribution in [-0.4, -0.2) is 19.2 Å². The average molecular weight is 334 g/mol. The van der Waals surface area contributed by atoms with Crippen molar-refractivity contribution in [1.82, 2.24) is 5.32 Å². The highest BCUT2D eigenvalue weighted by Gasteiger charge is 2.14. The molecule has 1 fully saturated rings. The van der Waals surface area contributed by atoms with Gasteiger partial charge in [-0.1, -0.05) is 28.8 Å². The molecule has 0 radical (unpaired) electrons. The highest BCUT2D eigenvalue weighted by atomic mass is 79.9. The molecule has 1 aromatic rings. The minimum absolute atomic E-state index is 0.0345. The van der Waals surface area contributed by atoms with E-state index in [1.165, 1.54) is 31.7 Å².